The second kappa shape index (κ2) is 10.8. The van der Waals surface area contributed by atoms with Crippen molar-refractivity contribution in [1.82, 2.24) is 0 Å². The van der Waals surface area contributed by atoms with Crippen molar-refractivity contribution in [2.45, 2.75) is 31.0 Å². The minimum absolute atomic E-state index is 0.0342. The van der Waals surface area contributed by atoms with Crippen molar-refractivity contribution in [2.75, 3.05) is 31.5 Å². The summed E-state index contributed by atoms with van der Waals surface area (Å²) in [5.74, 6) is -2.66. The van der Waals surface area contributed by atoms with E-state index in [1.807, 2.05) is 0 Å². The number of ether oxygens (including phenoxy) is 3. The van der Waals surface area contributed by atoms with Crippen LogP contribution in [0.15, 0.2) is 71.9 Å². The van der Waals surface area contributed by atoms with Gasteiger partial charge in [0.15, 0.2) is 17.3 Å². The number of alkyl halides is 3. The van der Waals surface area contributed by atoms with Gasteiger partial charge in [-0.2, -0.15) is 13.2 Å². The zero-order valence-electron chi connectivity index (χ0n) is 22.3. The first-order valence-corrected chi connectivity index (χ1v) is 12.6. The number of carbonyl (C=O) groups is 2. The van der Waals surface area contributed by atoms with Gasteiger partial charge in [0.25, 0.3) is 0 Å². The quantitative estimate of drug-likeness (QED) is 0.362. The van der Waals surface area contributed by atoms with Crippen LogP contribution in [0.25, 0.3) is 0 Å². The number of nitrogens with one attached hydrogen (secondary N) is 1. The van der Waals surface area contributed by atoms with E-state index in [1.165, 1.54) is 51.7 Å². The van der Waals surface area contributed by atoms with E-state index in [0.717, 1.165) is 12.1 Å². The van der Waals surface area contributed by atoms with E-state index < -0.39 is 35.6 Å². The van der Waals surface area contributed by atoms with Crippen LogP contribution in [0.2, 0.25) is 0 Å². The Morgan fingerprint density at radius 1 is 0.902 bits per heavy atom. The van der Waals surface area contributed by atoms with Crippen LogP contribution in [0, 0.1) is 5.82 Å². The number of ketones is 1. The summed E-state index contributed by atoms with van der Waals surface area (Å²) in [7, 11) is 4.40. The standard InChI is InChI=1S/C30H26F4N2O5/c1-39-24-14-18(15-25(40-2)28(24)41-3)17-12-21-26(23(37)13-17)27(16-7-6-8-19(31)11-16)36(29(38)30(32,33)34)22-10-5-4-9-20(22)35-21/h4-11,14-15,17,27,35H,12-13H2,1-3H3/t17-,27+/m1/s1. The fourth-order valence-electron chi connectivity index (χ4n) is 5.52. The maximum atomic E-state index is 14.4. The number of nitrogens with zero attached hydrogens (tertiary/aromatic N) is 1. The number of halogens is 4. The van der Waals surface area contributed by atoms with E-state index in [9.17, 15) is 27.2 Å². The molecule has 3 aromatic carbocycles. The topological polar surface area (TPSA) is 77.1 Å². The summed E-state index contributed by atoms with van der Waals surface area (Å²) < 4.78 is 72.8. The monoisotopic (exact) mass is 570 g/mol. The molecule has 0 bridgehead atoms. The first-order chi connectivity index (χ1) is 19.6. The van der Waals surface area contributed by atoms with Gasteiger partial charge in [-0.05, 0) is 59.9 Å². The van der Waals surface area contributed by atoms with Gasteiger partial charge in [-0.15, -0.1) is 0 Å². The number of benzene rings is 3. The Morgan fingerprint density at radius 2 is 1.59 bits per heavy atom. The smallest absolute Gasteiger partial charge is 0.471 e. The molecule has 2 aliphatic rings. The minimum Gasteiger partial charge on any atom is -0.493 e. The molecule has 1 aliphatic heterocycles. The molecular weight excluding hydrogens is 544 g/mol. The highest BCUT2D eigenvalue weighted by Crippen LogP contribution is 2.50. The van der Waals surface area contributed by atoms with E-state index in [-0.39, 0.29) is 35.4 Å². The molecule has 1 heterocycles. The van der Waals surface area contributed by atoms with Gasteiger partial charge in [-0.25, -0.2) is 4.39 Å². The molecule has 5 rings (SSSR count). The van der Waals surface area contributed by atoms with E-state index in [1.54, 1.807) is 18.2 Å². The Bertz CT molecular complexity index is 1530. The summed E-state index contributed by atoms with van der Waals surface area (Å²) in [5, 5.41) is 3.14. The molecule has 0 unspecified atom stereocenters. The second-order valence-electron chi connectivity index (χ2n) is 9.65. The van der Waals surface area contributed by atoms with Crippen molar-refractivity contribution in [3.8, 4) is 17.2 Å². The van der Waals surface area contributed by atoms with Crippen molar-refractivity contribution >= 4 is 23.1 Å². The summed E-state index contributed by atoms with van der Waals surface area (Å²) in [6.45, 7) is 0. The second-order valence-corrected chi connectivity index (χ2v) is 9.65. The Balaban J connectivity index is 1.71. The average molecular weight is 571 g/mol. The molecule has 41 heavy (non-hydrogen) atoms. The lowest BCUT2D eigenvalue weighted by atomic mass is 9.78. The highest BCUT2D eigenvalue weighted by atomic mass is 19.4. The SMILES string of the molecule is COc1cc([C@H]2CC(=O)C3=C(C2)Nc2ccccc2N(C(=O)C(F)(F)F)[C@H]3c2cccc(F)c2)cc(OC)c1OC. The molecule has 7 nitrogen and oxygen atoms in total. The van der Waals surface area contributed by atoms with Gasteiger partial charge in [0.2, 0.25) is 5.75 Å². The van der Waals surface area contributed by atoms with Crippen LogP contribution in [-0.2, 0) is 9.59 Å². The van der Waals surface area contributed by atoms with E-state index in [4.69, 9.17) is 14.2 Å². The van der Waals surface area contributed by atoms with Gasteiger partial charge < -0.3 is 19.5 Å². The molecule has 1 N–H and O–H groups in total. The number of para-hydroxylation sites is 2. The molecule has 214 valence electrons. The number of anilines is 2. The molecular formula is C30H26F4N2O5. The summed E-state index contributed by atoms with van der Waals surface area (Å²) >= 11 is 0. The number of hydrogen-bond donors (Lipinski definition) is 1. The maximum Gasteiger partial charge on any atom is 0.471 e. The number of rotatable bonds is 5. The Kier molecular flexibility index (Phi) is 7.37. The molecule has 0 fully saturated rings. The van der Waals surface area contributed by atoms with Gasteiger partial charge in [-0.3, -0.25) is 14.5 Å². The first-order valence-electron chi connectivity index (χ1n) is 12.6. The minimum atomic E-state index is -5.26. The normalized spacial score (nSPS) is 18.6. The van der Waals surface area contributed by atoms with Crippen molar-refractivity contribution in [2.24, 2.45) is 0 Å². The average Bonchev–Trinajstić information content (AvgIpc) is 3.10. The lowest BCUT2D eigenvalue weighted by molar-refractivity contribution is -0.170. The summed E-state index contributed by atoms with van der Waals surface area (Å²) in [5.41, 5.74) is 1.13. The first kappa shape index (κ1) is 28.0. The van der Waals surface area contributed by atoms with Crippen molar-refractivity contribution in [3.05, 3.63) is 88.9 Å². The summed E-state index contributed by atoms with van der Waals surface area (Å²) in [6, 6.07) is 12.8. The predicted octanol–water partition coefficient (Wildman–Crippen LogP) is 6.31. The van der Waals surface area contributed by atoms with Gasteiger partial charge in [0, 0.05) is 17.7 Å². The number of amides is 1. The van der Waals surface area contributed by atoms with Crippen LogP contribution in [0.3, 0.4) is 0 Å². The van der Waals surface area contributed by atoms with Gasteiger partial charge in [0.05, 0.1) is 38.7 Å². The van der Waals surface area contributed by atoms with Crippen LogP contribution in [0.5, 0.6) is 17.2 Å². The molecule has 11 heteroatoms. The van der Waals surface area contributed by atoms with Crippen LogP contribution in [-0.4, -0.2) is 39.2 Å². The number of fused-ring (bicyclic) bond motifs is 1. The van der Waals surface area contributed by atoms with Crippen molar-refractivity contribution in [1.29, 1.82) is 0 Å². The summed E-state index contributed by atoms with van der Waals surface area (Å²) in [6.07, 6.45) is -5.15. The maximum absolute atomic E-state index is 14.4. The Morgan fingerprint density at radius 3 is 2.20 bits per heavy atom. The Hall–Kier alpha value is -4.54. The van der Waals surface area contributed by atoms with Crippen LogP contribution in [0.4, 0.5) is 28.9 Å². The van der Waals surface area contributed by atoms with Gasteiger partial charge >= 0.3 is 12.1 Å². The molecule has 0 saturated carbocycles. The summed E-state index contributed by atoms with van der Waals surface area (Å²) in [4.78, 5) is 27.5. The third-order valence-electron chi connectivity index (χ3n) is 7.27. The highest BCUT2D eigenvalue weighted by molar-refractivity contribution is 6.07. The predicted molar refractivity (Wildman–Crippen MR) is 143 cm³/mol. The molecule has 0 spiro atoms. The van der Waals surface area contributed by atoms with Crippen LogP contribution >= 0.6 is 0 Å². The number of hydrogen-bond acceptors (Lipinski definition) is 6. The number of allylic oxidation sites excluding steroid dienone is 1. The lowest BCUT2D eigenvalue weighted by Gasteiger charge is -2.35. The van der Waals surface area contributed by atoms with E-state index in [0.29, 0.717) is 33.4 Å². The molecule has 0 radical (unpaired) electrons. The third-order valence-corrected chi connectivity index (χ3v) is 7.27. The Labute approximate surface area is 233 Å². The van der Waals surface area contributed by atoms with Crippen LogP contribution < -0.4 is 24.4 Å². The van der Waals surface area contributed by atoms with Crippen molar-refractivity contribution < 1.29 is 41.4 Å². The molecule has 0 aromatic heterocycles. The molecule has 3 aromatic rings. The fourth-order valence-corrected chi connectivity index (χ4v) is 5.52. The largest absolute Gasteiger partial charge is 0.493 e. The lowest BCUT2D eigenvalue weighted by Crippen LogP contribution is -2.45. The zero-order valence-corrected chi connectivity index (χ0v) is 22.3. The van der Waals surface area contributed by atoms with Gasteiger partial charge in [0.1, 0.15) is 5.82 Å². The number of Topliss-reactive ketones (excluding diaryl/α,β-unsaturated/α-hetero) is 1. The molecule has 2 atom stereocenters. The van der Waals surface area contributed by atoms with E-state index >= 15 is 0 Å². The molecule has 0 saturated heterocycles. The molecule has 1 aliphatic carbocycles. The van der Waals surface area contributed by atoms with Gasteiger partial charge in [-0.1, -0.05) is 24.3 Å². The fraction of sp³-hybridized carbons (Fsp3) is 0.267. The van der Waals surface area contributed by atoms with E-state index in [2.05, 4.69) is 5.32 Å². The molecule has 1 amide bonds. The highest BCUT2D eigenvalue weighted by Gasteiger charge is 2.50. The van der Waals surface area contributed by atoms with Crippen LogP contribution in [0.1, 0.15) is 35.9 Å². The number of carbonyl (C=O) groups excluding carboxylic acids is 2. The van der Waals surface area contributed by atoms with Crippen molar-refractivity contribution in [3.63, 3.8) is 0 Å². The number of methoxy groups -OCH3 is 3. The zero-order chi connectivity index (χ0) is 29.5. The third kappa shape index (κ3) is 5.07.